The molecule has 17 heavy (non-hydrogen) atoms. The molecule has 1 rings (SSSR count). The van der Waals surface area contributed by atoms with Crippen LogP contribution in [0.2, 0.25) is 0 Å². The van der Waals surface area contributed by atoms with Crippen molar-refractivity contribution in [3.05, 3.63) is 34.1 Å². The fourth-order valence-corrected chi connectivity index (χ4v) is 2.79. The minimum atomic E-state index is -0.434. The molecule has 0 bridgehead atoms. The van der Waals surface area contributed by atoms with Gasteiger partial charge >= 0.3 is 0 Å². The molecule has 1 N–H and O–H groups in total. The van der Waals surface area contributed by atoms with Crippen LogP contribution in [0.1, 0.15) is 30.6 Å². The summed E-state index contributed by atoms with van der Waals surface area (Å²) in [5.74, 6) is -0.710. The number of halogens is 3. The zero-order valence-electron chi connectivity index (χ0n) is 9.69. The Kier molecular flexibility index (Phi) is 5.13. The van der Waals surface area contributed by atoms with Gasteiger partial charge in [0.25, 0.3) is 5.91 Å². The molecule has 0 heterocycles. The van der Waals surface area contributed by atoms with Gasteiger partial charge < -0.3 is 5.32 Å². The van der Waals surface area contributed by atoms with Gasteiger partial charge in [-0.1, -0.05) is 22.0 Å². The van der Waals surface area contributed by atoms with Gasteiger partial charge in [0.1, 0.15) is 5.82 Å². The van der Waals surface area contributed by atoms with E-state index in [1.54, 1.807) is 6.07 Å². The van der Waals surface area contributed by atoms with Crippen molar-refractivity contribution in [2.75, 3.05) is 5.33 Å². The van der Waals surface area contributed by atoms with Crippen molar-refractivity contribution in [2.45, 2.75) is 25.8 Å². The lowest BCUT2D eigenvalue weighted by Gasteiger charge is -2.25. The highest BCUT2D eigenvalue weighted by atomic mass is 79.9. The molecule has 0 unspecified atom stereocenters. The fraction of sp³-hybridized carbons (Fsp3) is 0.417. The predicted octanol–water partition coefficient (Wildman–Crippen LogP) is 3.88. The molecule has 0 atom stereocenters. The van der Waals surface area contributed by atoms with Gasteiger partial charge in [-0.3, -0.25) is 4.79 Å². The van der Waals surface area contributed by atoms with Crippen LogP contribution in [0, 0.1) is 5.82 Å². The Morgan fingerprint density at radius 2 is 2.12 bits per heavy atom. The number of carbonyl (C=O) groups excluding carboxylic acids is 1. The van der Waals surface area contributed by atoms with E-state index in [4.69, 9.17) is 0 Å². The Bertz CT molecular complexity index is 421. The first-order valence-corrected chi connectivity index (χ1v) is 7.11. The van der Waals surface area contributed by atoms with Crippen molar-refractivity contribution < 1.29 is 9.18 Å². The molecule has 0 saturated heterocycles. The molecule has 1 aromatic carbocycles. The van der Waals surface area contributed by atoms with E-state index in [-0.39, 0.29) is 15.9 Å². The van der Waals surface area contributed by atoms with Gasteiger partial charge in [0, 0.05) is 10.9 Å². The third-order valence-corrected chi connectivity index (χ3v) is 3.57. The molecule has 94 valence electrons. The van der Waals surface area contributed by atoms with E-state index in [1.165, 1.54) is 12.1 Å². The molecular weight excluding hydrogens is 353 g/mol. The van der Waals surface area contributed by atoms with Crippen molar-refractivity contribution in [2.24, 2.45) is 0 Å². The number of hydrogen-bond acceptors (Lipinski definition) is 1. The Morgan fingerprint density at radius 1 is 1.47 bits per heavy atom. The van der Waals surface area contributed by atoms with Gasteiger partial charge in [-0.15, -0.1) is 0 Å². The SMILES string of the molecule is CC(C)(CCBr)NC(=O)c1cccc(F)c1Br. The third-order valence-electron chi connectivity index (χ3n) is 2.37. The minimum absolute atomic E-state index is 0.201. The van der Waals surface area contributed by atoms with Gasteiger partial charge in [-0.05, 0) is 48.3 Å². The van der Waals surface area contributed by atoms with Crippen LogP contribution in [0.25, 0.3) is 0 Å². The Balaban J connectivity index is 2.87. The molecule has 1 amide bonds. The van der Waals surface area contributed by atoms with Crippen LogP contribution in [-0.4, -0.2) is 16.8 Å². The molecular formula is C12H14Br2FNO. The van der Waals surface area contributed by atoms with E-state index >= 15 is 0 Å². The van der Waals surface area contributed by atoms with E-state index in [1.807, 2.05) is 13.8 Å². The molecule has 0 aliphatic rings. The number of alkyl halides is 1. The molecule has 0 aromatic heterocycles. The highest BCUT2D eigenvalue weighted by molar-refractivity contribution is 9.10. The number of amides is 1. The molecule has 0 spiro atoms. The first kappa shape index (κ1) is 14.6. The van der Waals surface area contributed by atoms with Crippen molar-refractivity contribution >= 4 is 37.8 Å². The molecule has 0 aliphatic heterocycles. The minimum Gasteiger partial charge on any atom is -0.347 e. The molecule has 5 heteroatoms. The van der Waals surface area contributed by atoms with Crippen LogP contribution in [0.3, 0.4) is 0 Å². The molecule has 0 radical (unpaired) electrons. The predicted molar refractivity (Wildman–Crippen MR) is 74.1 cm³/mol. The van der Waals surface area contributed by atoms with Crippen LogP contribution in [0.5, 0.6) is 0 Å². The third kappa shape index (κ3) is 4.07. The zero-order chi connectivity index (χ0) is 13.1. The van der Waals surface area contributed by atoms with Gasteiger partial charge in [-0.2, -0.15) is 0 Å². The van der Waals surface area contributed by atoms with E-state index in [0.717, 1.165) is 11.8 Å². The van der Waals surface area contributed by atoms with E-state index in [0.29, 0.717) is 5.56 Å². The number of benzene rings is 1. The number of carbonyl (C=O) groups is 1. The Hall–Kier alpha value is -0.420. The number of rotatable bonds is 4. The van der Waals surface area contributed by atoms with Crippen molar-refractivity contribution in [1.29, 1.82) is 0 Å². The second kappa shape index (κ2) is 5.96. The van der Waals surface area contributed by atoms with E-state index < -0.39 is 5.82 Å². The first-order chi connectivity index (χ1) is 7.87. The topological polar surface area (TPSA) is 29.1 Å². The average Bonchev–Trinajstić information content (AvgIpc) is 2.21. The lowest BCUT2D eigenvalue weighted by Crippen LogP contribution is -2.43. The second-order valence-electron chi connectivity index (χ2n) is 4.38. The maximum absolute atomic E-state index is 13.3. The lowest BCUT2D eigenvalue weighted by molar-refractivity contribution is 0.0910. The highest BCUT2D eigenvalue weighted by Gasteiger charge is 2.22. The normalized spacial score (nSPS) is 11.4. The summed E-state index contributed by atoms with van der Waals surface area (Å²) < 4.78 is 13.5. The van der Waals surface area contributed by atoms with E-state index in [2.05, 4.69) is 37.2 Å². The lowest BCUT2D eigenvalue weighted by atomic mass is 10.0. The molecule has 2 nitrogen and oxygen atoms in total. The quantitative estimate of drug-likeness (QED) is 0.805. The van der Waals surface area contributed by atoms with Crippen LogP contribution in [0.4, 0.5) is 4.39 Å². The fourth-order valence-electron chi connectivity index (χ4n) is 1.35. The summed E-state index contributed by atoms with van der Waals surface area (Å²) in [5.41, 5.74) is -0.0144. The van der Waals surface area contributed by atoms with Gasteiger partial charge in [-0.25, -0.2) is 4.39 Å². The summed E-state index contributed by atoms with van der Waals surface area (Å²) in [6.45, 7) is 3.86. The van der Waals surface area contributed by atoms with Crippen LogP contribution in [-0.2, 0) is 0 Å². The van der Waals surface area contributed by atoms with Gasteiger partial charge in [0.2, 0.25) is 0 Å². The summed E-state index contributed by atoms with van der Waals surface area (Å²) >= 11 is 6.42. The van der Waals surface area contributed by atoms with Crippen LogP contribution < -0.4 is 5.32 Å². The zero-order valence-corrected chi connectivity index (χ0v) is 12.9. The van der Waals surface area contributed by atoms with E-state index in [9.17, 15) is 9.18 Å². The summed E-state index contributed by atoms with van der Waals surface area (Å²) in [6.07, 6.45) is 0.797. The van der Waals surface area contributed by atoms with Crippen molar-refractivity contribution in [3.8, 4) is 0 Å². The Morgan fingerprint density at radius 3 is 2.71 bits per heavy atom. The number of nitrogens with one attached hydrogen (secondary N) is 1. The van der Waals surface area contributed by atoms with Crippen molar-refractivity contribution in [1.82, 2.24) is 5.32 Å². The summed E-state index contributed by atoms with van der Waals surface area (Å²) in [4.78, 5) is 12.0. The molecule has 0 saturated carbocycles. The average molecular weight is 367 g/mol. The standard InChI is InChI=1S/C12H14Br2FNO/c1-12(2,6-7-13)16-11(17)8-4-3-5-9(15)10(8)14/h3-5H,6-7H2,1-2H3,(H,16,17). The summed E-state index contributed by atoms with van der Waals surface area (Å²) in [7, 11) is 0. The molecule has 1 aromatic rings. The van der Waals surface area contributed by atoms with Crippen LogP contribution >= 0.6 is 31.9 Å². The Labute approximate surface area is 117 Å². The highest BCUT2D eigenvalue weighted by Crippen LogP contribution is 2.21. The summed E-state index contributed by atoms with van der Waals surface area (Å²) in [5, 5.41) is 3.67. The maximum atomic E-state index is 13.3. The molecule has 0 aliphatic carbocycles. The van der Waals surface area contributed by atoms with Crippen molar-refractivity contribution in [3.63, 3.8) is 0 Å². The van der Waals surface area contributed by atoms with Gasteiger partial charge in [0.05, 0.1) is 10.0 Å². The monoisotopic (exact) mass is 365 g/mol. The first-order valence-electron chi connectivity index (χ1n) is 5.20. The maximum Gasteiger partial charge on any atom is 0.252 e. The van der Waals surface area contributed by atoms with Gasteiger partial charge in [0.15, 0.2) is 0 Å². The number of hydrogen-bond donors (Lipinski definition) is 1. The summed E-state index contributed by atoms with van der Waals surface area (Å²) in [6, 6.07) is 4.42. The van der Waals surface area contributed by atoms with Crippen LogP contribution in [0.15, 0.2) is 22.7 Å². The smallest absolute Gasteiger partial charge is 0.252 e. The molecule has 0 fully saturated rings. The second-order valence-corrected chi connectivity index (χ2v) is 5.96. The largest absolute Gasteiger partial charge is 0.347 e.